The summed E-state index contributed by atoms with van der Waals surface area (Å²) >= 11 is 0. The molecule has 1 fully saturated rings. The molecule has 106 valence electrons. The van der Waals surface area contributed by atoms with Crippen molar-refractivity contribution in [3.8, 4) is 11.5 Å². The van der Waals surface area contributed by atoms with Crippen LogP contribution in [-0.4, -0.2) is 57.7 Å². The number of aliphatic hydroxyl groups excluding tert-OH is 1. The van der Waals surface area contributed by atoms with E-state index >= 15 is 0 Å². The van der Waals surface area contributed by atoms with Crippen LogP contribution < -0.4 is 19.7 Å². The van der Waals surface area contributed by atoms with Crippen LogP contribution in [0.5, 0.6) is 11.5 Å². The number of hydrogen-bond donors (Lipinski definition) is 3. The summed E-state index contributed by atoms with van der Waals surface area (Å²) < 4.78 is 10.7. The zero-order chi connectivity index (χ0) is 13.5. The Balaban J connectivity index is 1.71. The quantitative estimate of drug-likeness (QED) is 0.554. The highest BCUT2D eigenvalue weighted by Gasteiger charge is 2.19. The zero-order valence-corrected chi connectivity index (χ0v) is 11.5. The fourth-order valence-corrected chi connectivity index (χ4v) is 2.34. The standard InChI is InChI=1S/C14H22N2O3/c1-18-13-2-4-14(5-3-13)19-11-12(17)10-16-8-6-15-7-9-16/h2-5,12,15,17H,6-11H2,1H3/p+2/t12-/m1/s1. The molecule has 1 aromatic carbocycles. The van der Waals surface area contributed by atoms with E-state index in [0.29, 0.717) is 6.61 Å². The summed E-state index contributed by atoms with van der Waals surface area (Å²) in [5, 5.41) is 12.3. The van der Waals surface area contributed by atoms with Crippen molar-refractivity contribution >= 4 is 0 Å². The molecule has 4 N–H and O–H groups in total. The van der Waals surface area contributed by atoms with Gasteiger partial charge in [-0.05, 0) is 24.3 Å². The van der Waals surface area contributed by atoms with E-state index in [-0.39, 0.29) is 0 Å². The molecule has 1 aliphatic rings. The van der Waals surface area contributed by atoms with Crippen molar-refractivity contribution in [1.82, 2.24) is 0 Å². The van der Waals surface area contributed by atoms with Gasteiger partial charge in [0.2, 0.25) is 0 Å². The van der Waals surface area contributed by atoms with E-state index in [1.807, 2.05) is 24.3 Å². The summed E-state index contributed by atoms with van der Waals surface area (Å²) in [5.41, 5.74) is 0. The summed E-state index contributed by atoms with van der Waals surface area (Å²) in [6.07, 6.45) is -0.407. The number of hydrogen-bond acceptors (Lipinski definition) is 3. The molecule has 2 rings (SSSR count). The van der Waals surface area contributed by atoms with Crippen LogP contribution in [0.15, 0.2) is 24.3 Å². The molecule has 19 heavy (non-hydrogen) atoms. The first-order valence-electron chi connectivity index (χ1n) is 6.88. The van der Waals surface area contributed by atoms with Gasteiger partial charge in [-0.3, -0.25) is 0 Å². The summed E-state index contributed by atoms with van der Waals surface area (Å²) in [5.74, 6) is 1.57. The third kappa shape index (κ3) is 4.70. The third-order valence-corrected chi connectivity index (χ3v) is 3.43. The first-order valence-corrected chi connectivity index (χ1v) is 6.88. The lowest BCUT2D eigenvalue weighted by atomic mass is 10.3. The minimum Gasteiger partial charge on any atom is -0.497 e. The lowest BCUT2D eigenvalue weighted by Crippen LogP contribution is -3.21. The summed E-state index contributed by atoms with van der Waals surface area (Å²) in [7, 11) is 1.64. The lowest BCUT2D eigenvalue weighted by Gasteiger charge is -2.24. The summed E-state index contributed by atoms with van der Waals surface area (Å²) in [6.45, 7) is 5.67. The van der Waals surface area contributed by atoms with E-state index in [1.165, 1.54) is 4.90 Å². The van der Waals surface area contributed by atoms with Gasteiger partial charge in [-0.25, -0.2) is 0 Å². The molecule has 0 saturated carbocycles. The van der Waals surface area contributed by atoms with Crippen molar-refractivity contribution in [1.29, 1.82) is 0 Å². The van der Waals surface area contributed by atoms with E-state index in [1.54, 1.807) is 7.11 Å². The SMILES string of the molecule is COc1ccc(OC[C@H](O)C[NH+]2CC[NH2+]CC2)cc1. The lowest BCUT2D eigenvalue weighted by molar-refractivity contribution is -0.949. The molecule has 0 aromatic heterocycles. The van der Waals surface area contributed by atoms with Crippen LogP contribution >= 0.6 is 0 Å². The molecule has 1 heterocycles. The highest BCUT2D eigenvalue weighted by molar-refractivity contribution is 5.31. The molecule has 1 aromatic rings. The Morgan fingerprint density at radius 3 is 2.47 bits per heavy atom. The van der Waals surface area contributed by atoms with Crippen LogP contribution in [0.25, 0.3) is 0 Å². The monoisotopic (exact) mass is 268 g/mol. The van der Waals surface area contributed by atoms with Crippen LogP contribution in [0.1, 0.15) is 0 Å². The van der Waals surface area contributed by atoms with Crippen LogP contribution in [-0.2, 0) is 0 Å². The molecule has 0 amide bonds. The van der Waals surface area contributed by atoms with Gasteiger partial charge in [-0.2, -0.15) is 0 Å². The Morgan fingerprint density at radius 1 is 1.21 bits per heavy atom. The molecule has 0 aliphatic carbocycles. The van der Waals surface area contributed by atoms with Gasteiger partial charge in [0, 0.05) is 0 Å². The van der Waals surface area contributed by atoms with Gasteiger partial charge in [0.15, 0.2) is 0 Å². The van der Waals surface area contributed by atoms with Crippen molar-refractivity contribution in [2.45, 2.75) is 6.10 Å². The maximum absolute atomic E-state index is 9.98. The largest absolute Gasteiger partial charge is 0.497 e. The van der Waals surface area contributed by atoms with Crippen LogP contribution in [0, 0.1) is 0 Å². The third-order valence-electron chi connectivity index (χ3n) is 3.43. The molecule has 1 aliphatic heterocycles. The van der Waals surface area contributed by atoms with Gasteiger partial charge in [0.1, 0.15) is 56.9 Å². The average Bonchev–Trinajstić information content (AvgIpc) is 2.47. The number of piperazine rings is 1. The second kappa shape index (κ2) is 7.33. The first kappa shape index (κ1) is 14.1. The van der Waals surface area contributed by atoms with Crippen molar-refractivity contribution in [2.24, 2.45) is 0 Å². The Hall–Kier alpha value is -1.30. The zero-order valence-electron chi connectivity index (χ0n) is 11.5. The van der Waals surface area contributed by atoms with Gasteiger partial charge in [-0.1, -0.05) is 0 Å². The van der Waals surface area contributed by atoms with Gasteiger partial charge >= 0.3 is 0 Å². The van der Waals surface area contributed by atoms with Gasteiger partial charge in [0.25, 0.3) is 0 Å². The van der Waals surface area contributed by atoms with E-state index in [2.05, 4.69) is 5.32 Å². The van der Waals surface area contributed by atoms with E-state index in [9.17, 15) is 5.11 Å². The minimum absolute atomic E-state index is 0.347. The Kier molecular flexibility index (Phi) is 5.44. The number of nitrogens with one attached hydrogen (secondary N) is 1. The van der Waals surface area contributed by atoms with Gasteiger partial charge in [0.05, 0.1) is 7.11 Å². The smallest absolute Gasteiger partial charge is 0.137 e. The summed E-state index contributed by atoms with van der Waals surface area (Å²) in [6, 6.07) is 7.42. The van der Waals surface area contributed by atoms with E-state index in [4.69, 9.17) is 9.47 Å². The predicted octanol–water partition coefficient (Wildman–Crippen LogP) is -2.10. The molecule has 5 nitrogen and oxygen atoms in total. The maximum atomic E-state index is 9.98. The molecular formula is C14H24N2O3+2. The number of rotatable bonds is 6. The van der Waals surface area contributed by atoms with Crippen molar-refractivity contribution < 1.29 is 24.8 Å². The maximum Gasteiger partial charge on any atom is 0.137 e. The molecule has 0 bridgehead atoms. The van der Waals surface area contributed by atoms with E-state index < -0.39 is 6.10 Å². The normalized spacial score (nSPS) is 18.0. The molecule has 0 spiro atoms. The fraction of sp³-hybridized carbons (Fsp3) is 0.571. The highest BCUT2D eigenvalue weighted by atomic mass is 16.5. The van der Waals surface area contributed by atoms with Crippen LogP contribution in [0.3, 0.4) is 0 Å². The second-order valence-electron chi connectivity index (χ2n) is 4.96. The molecule has 1 saturated heterocycles. The molecule has 1 atom stereocenters. The van der Waals surface area contributed by atoms with Crippen LogP contribution in [0.4, 0.5) is 0 Å². The second-order valence-corrected chi connectivity index (χ2v) is 4.96. The Morgan fingerprint density at radius 2 is 1.84 bits per heavy atom. The minimum atomic E-state index is -0.407. The number of nitrogens with two attached hydrogens (primary N) is 1. The number of ether oxygens (including phenoxy) is 2. The number of aliphatic hydroxyl groups is 1. The first-order chi connectivity index (χ1) is 9.28. The Bertz CT molecular complexity index is 363. The van der Waals surface area contributed by atoms with Crippen LogP contribution in [0.2, 0.25) is 0 Å². The number of benzene rings is 1. The Labute approximate surface area is 114 Å². The topological polar surface area (TPSA) is 59.7 Å². The van der Waals surface area contributed by atoms with Crippen molar-refractivity contribution in [3.63, 3.8) is 0 Å². The van der Waals surface area contributed by atoms with E-state index in [0.717, 1.165) is 44.2 Å². The van der Waals surface area contributed by atoms with Gasteiger partial charge in [-0.15, -0.1) is 0 Å². The van der Waals surface area contributed by atoms with Crippen molar-refractivity contribution in [2.75, 3.05) is 46.4 Å². The summed E-state index contributed by atoms with van der Waals surface area (Å²) in [4.78, 5) is 1.47. The average molecular weight is 268 g/mol. The van der Waals surface area contributed by atoms with Gasteiger partial charge < -0.3 is 24.8 Å². The molecule has 0 radical (unpaired) electrons. The predicted molar refractivity (Wildman–Crippen MR) is 71.7 cm³/mol. The molecular weight excluding hydrogens is 244 g/mol. The number of methoxy groups -OCH3 is 1. The fourth-order valence-electron chi connectivity index (χ4n) is 2.34. The number of quaternary nitrogens is 2. The molecule has 5 heteroatoms. The highest BCUT2D eigenvalue weighted by Crippen LogP contribution is 2.16. The van der Waals surface area contributed by atoms with Crippen molar-refractivity contribution in [3.05, 3.63) is 24.3 Å². The molecule has 0 unspecified atom stereocenters.